The number of thiophene rings is 1. The van der Waals surface area contributed by atoms with Gasteiger partial charge in [-0.25, -0.2) is 0 Å². The Morgan fingerprint density at radius 1 is 1.35 bits per heavy atom. The van der Waals surface area contributed by atoms with Gasteiger partial charge in [0.05, 0.1) is 4.34 Å². The second-order valence-electron chi connectivity index (χ2n) is 4.45. The molecule has 1 N–H and O–H groups in total. The van der Waals surface area contributed by atoms with E-state index in [1.165, 1.54) is 4.88 Å². The number of nitrogens with one attached hydrogen (secondary N) is 1. The lowest BCUT2D eigenvalue weighted by atomic mass is 10.2. The highest BCUT2D eigenvalue weighted by atomic mass is 35.5. The lowest BCUT2D eigenvalue weighted by Crippen LogP contribution is -2.17. The van der Waals surface area contributed by atoms with Crippen LogP contribution in [-0.2, 0) is 6.54 Å². The highest BCUT2D eigenvalue weighted by Gasteiger charge is 2.09. The van der Waals surface area contributed by atoms with Crippen LogP contribution in [0.5, 0.6) is 5.75 Å². The van der Waals surface area contributed by atoms with Crippen molar-refractivity contribution < 1.29 is 4.74 Å². The Morgan fingerprint density at radius 2 is 2.15 bits per heavy atom. The average Bonchev–Trinajstić information content (AvgIpc) is 2.90. The molecule has 1 atom stereocenters. The molecule has 0 radical (unpaired) electrons. The van der Waals surface area contributed by atoms with Crippen molar-refractivity contribution in [1.82, 2.24) is 5.32 Å². The molecule has 0 aliphatic carbocycles. The third-order valence-electron chi connectivity index (χ3n) is 2.95. The van der Waals surface area contributed by atoms with Crippen molar-refractivity contribution in [2.24, 2.45) is 0 Å². The molecule has 0 spiro atoms. The van der Waals surface area contributed by atoms with Gasteiger partial charge in [0.25, 0.3) is 0 Å². The van der Waals surface area contributed by atoms with Crippen molar-refractivity contribution >= 4 is 22.9 Å². The molecule has 20 heavy (non-hydrogen) atoms. The summed E-state index contributed by atoms with van der Waals surface area (Å²) < 4.78 is 6.47. The zero-order chi connectivity index (χ0) is 14.4. The summed E-state index contributed by atoms with van der Waals surface area (Å²) in [7, 11) is 0. The highest BCUT2D eigenvalue weighted by molar-refractivity contribution is 7.16. The summed E-state index contributed by atoms with van der Waals surface area (Å²) in [5, 5.41) is 3.49. The minimum Gasteiger partial charge on any atom is -0.489 e. The molecule has 0 aliphatic heterocycles. The van der Waals surface area contributed by atoms with Crippen LogP contribution >= 0.6 is 22.9 Å². The molecule has 0 saturated carbocycles. The smallest absolute Gasteiger partial charge is 0.124 e. The van der Waals surface area contributed by atoms with Gasteiger partial charge >= 0.3 is 0 Å². The largest absolute Gasteiger partial charge is 0.489 e. The standard InChI is InChI=1S/C16H18ClNOS/c1-3-10-19-14-7-5-4-6-13(14)11-18-12(2)15-8-9-16(17)20-15/h3-9,12,18H,1,10-11H2,2H3. The fourth-order valence-corrected chi connectivity index (χ4v) is 2.95. The topological polar surface area (TPSA) is 21.3 Å². The molecular weight excluding hydrogens is 290 g/mol. The fraction of sp³-hybridized carbons (Fsp3) is 0.250. The molecule has 2 rings (SSSR count). The maximum absolute atomic E-state index is 5.97. The Bertz CT molecular complexity index is 567. The van der Waals surface area contributed by atoms with Crippen molar-refractivity contribution in [3.8, 4) is 5.75 Å². The van der Waals surface area contributed by atoms with E-state index in [1.807, 2.05) is 24.3 Å². The molecule has 0 fully saturated rings. The third kappa shape index (κ3) is 4.10. The average molecular weight is 308 g/mol. The number of hydrogen-bond acceptors (Lipinski definition) is 3. The van der Waals surface area contributed by atoms with Crippen LogP contribution < -0.4 is 10.1 Å². The van der Waals surface area contributed by atoms with Gasteiger partial charge in [0.2, 0.25) is 0 Å². The number of ether oxygens (including phenoxy) is 1. The normalized spacial score (nSPS) is 12.1. The van der Waals surface area contributed by atoms with Gasteiger partial charge in [0.1, 0.15) is 12.4 Å². The summed E-state index contributed by atoms with van der Waals surface area (Å²) >= 11 is 7.57. The first kappa shape index (κ1) is 15.1. The van der Waals surface area contributed by atoms with Crippen molar-refractivity contribution in [2.75, 3.05) is 6.61 Å². The van der Waals surface area contributed by atoms with Crippen LogP contribution in [0.1, 0.15) is 23.4 Å². The first-order chi connectivity index (χ1) is 9.70. The zero-order valence-corrected chi connectivity index (χ0v) is 13.0. The van der Waals surface area contributed by atoms with E-state index >= 15 is 0 Å². The molecule has 0 bridgehead atoms. The maximum atomic E-state index is 5.97. The van der Waals surface area contributed by atoms with Gasteiger partial charge in [-0.05, 0) is 25.1 Å². The molecule has 2 aromatic rings. The maximum Gasteiger partial charge on any atom is 0.124 e. The van der Waals surface area contributed by atoms with E-state index in [0.29, 0.717) is 6.61 Å². The Kier molecular flexibility index (Phi) is 5.65. The highest BCUT2D eigenvalue weighted by Crippen LogP contribution is 2.27. The number of rotatable bonds is 7. The van der Waals surface area contributed by atoms with Crippen LogP contribution in [0.3, 0.4) is 0 Å². The minimum atomic E-state index is 0.264. The Morgan fingerprint density at radius 3 is 2.85 bits per heavy atom. The van der Waals surface area contributed by atoms with E-state index in [9.17, 15) is 0 Å². The zero-order valence-electron chi connectivity index (χ0n) is 11.4. The van der Waals surface area contributed by atoms with E-state index in [0.717, 1.165) is 22.2 Å². The van der Waals surface area contributed by atoms with Crippen LogP contribution in [0.4, 0.5) is 0 Å². The molecule has 0 aliphatic rings. The molecule has 1 aromatic carbocycles. The first-order valence-electron chi connectivity index (χ1n) is 6.51. The first-order valence-corrected chi connectivity index (χ1v) is 7.70. The number of hydrogen-bond donors (Lipinski definition) is 1. The van der Waals surface area contributed by atoms with Gasteiger partial charge in [-0.2, -0.15) is 0 Å². The van der Waals surface area contributed by atoms with Crippen LogP contribution in [0.15, 0.2) is 49.1 Å². The molecule has 1 unspecified atom stereocenters. The second kappa shape index (κ2) is 7.48. The second-order valence-corrected chi connectivity index (χ2v) is 6.20. The molecule has 1 aromatic heterocycles. The Hall–Kier alpha value is -1.29. The van der Waals surface area contributed by atoms with Crippen molar-refractivity contribution in [2.45, 2.75) is 19.5 Å². The molecule has 0 saturated heterocycles. The van der Waals surface area contributed by atoms with Crippen molar-refractivity contribution in [3.05, 3.63) is 63.8 Å². The van der Waals surface area contributed by atoms with Crippen LogP contribution in [0, 0.1) is 0 Å². The lowest BCUT2D eigenvalue weighted by Gasteiger charge is -2.14. The van der Waals surface area contributed by atoms with Crippen molar-refractivity contribution in [3.63, 3.8) is 0 Å². The predicted molar refractivity (Wildman–Crippen MR) is 86.7 cm³/mol. The Balaban J connectivity index is 1.98. The summed E-state index contributed by atoms with van der Waals surface area (Å²) in [6, 6.07) is 12.3. The van der Waals surface area contributed by atoms with Gasteiger partial charge in [-0.15, -0.1) is 11.3 Å². The number of halogens is 1. The summed E-state index contributed by atoms with van der Waals surface area (Å²) in [6.45, 7) is 7.08. The van der Waals surface area contributed by atoms with Gasteiger partial charge in [-0.1, -0.05) is 42.5 Å². The molecule has 4 heteroatoms. The van der Waals surface area contributed by atoms with E-state index in [4.69, 9.17) is 16.3 Å². The quantitative estimate of drug-likeness (QED) is 0.741. The van der Waals surface area contributed by atoms with Crippen LogP contribution in [0.2, 0.25) is 4.34 Å². The monoisotopic (exact) mass is 307 g/mol. The SMILES string of the molecule is C=CCOc1ccccc1CNC(C)c1ccc(Cl)s1. The summed E-state index contributed by atoms with van der Waals surface area (Å²) in [5.41, 5.74) is 1.14. The van der Waals surface area contributed by atoms with E-state index in [2.05, 4.69) is 31.0 Å². The molecular formula is C16H18ClNOS. The van der Waals surface area contributed by atoms with Crippen molar-refractivity contribution in [1.29, 1.82) is 0 Å². The summed E-state index contributed by atoms with van der Waals surface area (Å²) in [6.07, 6.45) is 1.75. The number of benzene rings is 1. The van der Waals surface area contributed by atoms with Gasteiger partial charge in [0, 0.05) is 23.0 Å². The summed E-state index contributed by atoms with van der Waals surface area (Å²) in [5.74, 6) is 0.899. The molecule has 0 amide bonds. The fourth-order valence-electron chi connectivity index (χ4n) is 1.86. The molecule has 106 valence electrons. The van der Waals surface area contributed by atoms with E-state index in [1.54, 1.807) is 17.4 Å². The van der Waals surface area contributed by atoms with E-state index < -0.39 is 0 Å². The van der Waals surface area contributed by atoms with Gasteiger partial charge < -0.3 is 10.1 Å². The minimum absolute atomic E-state index is 0.264. The van der Waals surface area contributed by atoms with Crippen LogP contribution in [-0.4, -0.2) is 6.61 Å². The van der Waals surface area contributed by atoms with Gasteiger partial charge in [-0.3, -0.25) is 0 Å². The summed E-state index contributed by atoms with van der Waals surface area (Å²) in [4.78, 5) is 1.24. The lowest BCUT2D eigenvalue weighted by molar-refractivity contribution is 0.357. The Labute approximate surface area is 129 Å². The van der Waals surface area contributed by atoms with Gasteiger partial charge in [0.15, 0.2) is 0 Å². The van der Waals surface area contributed by atoms with Crippen LogP contribution in [0.25, 0.3) is 0 Å². The third-order valence-corrected chi connectivity index (χ3v) is 4.36. The predicted octanol–water partition coefficient (Wildman–Crippen LogP) is 4.82. The van der Waals surface area contributed by atoms with E-state index in [-0.39, 0.29) is 6.04 Å². The number of para-hydroxylation sites is 1. The molecule has 1 heterocycles. The molecule has 2 nitrogen and oxygen atoms in total.